The number of ether oxygens (including phenoxy) is 1. The third kappa shape index (κ3) is 5.25. The van der Waals surface area contributed by atoms with Crippen molar-refractivity contribution in [3.63, 3.8) is 0 Å². The lowest BCUT2D eigenvalue weighted by Gasteiger charge is -2.26. The Morgan fingerprint density at radius 2 is 2.06 bits per heavy atom. The molecule has 1 amide bonds. The molecular weight excluding hydrogens is 230 g/mol. The van der Waals surface area contributed by atoms with Crippen molar-refractivity contribution in [2.24, 2.45) is 0 Å². The highest BCUT2D eigenvalue weighted by Crippen LogP contribution is 2.14. The monoisotopic (exact) mass is 249 g/mol. The van der Waals surface area contributed by atoms with Gasteiger partial charge in [0, 0.05) is 0 Å². The molecule has 0 heterocycles. The van der Waals surface area contributed by atoms with E-state index in [1.54, 1.807) is 13.8 Å². The average molecular weight is 249 g/mol. The van der Waals surface area contributed by atoms with Crippen molar-refractivity contribution in [2.75, 3.05) is 12.0 Å². The van der Waals surface area contributed by atoms with Gasteiger partial charge in [0.1, 0.15) is 5.54 Å². The van der Waals surface area contributed by atoms with Crippen molar-refractivity contribution in [3.05, 3.63) is 0 Å². The first-order valence-corrected chi connectivity index (χ1v) is 6.42. The maximum absolute atomic E-state index is 11.3. The molecule has 0 saturated carbocycles. The zero-order valence-corrected chi connectivity index (χ0v) is 10.9. The molecule has 94 valence electrons. The SMILES string of the molecule is CSCC[C@](C)(NC(=O)OC(C)C)C(=O)O. The van der Waals surface area contributed by atoms with Crippen LogP contribution in [0.3, 0.4) is 0 Å². The summed E-state index contributed by atoms with van der Waals surface area (Å²) in [5.74, 6) is -0.396. The molecular formula is C10H19NO4S. The molecule has 0 aromatic rings. The molecule has 0 spiro atoms. The van der Waals surface area contributed by atoms with Crippen LogP contribution in [0.2, 0.25) is 0 Å². The summed E-state index contributed by atoms with van der Waals surface area (Å²) in [5, 5.41) is 11.4. The number of alkyl carbamates (subject to hydrolysis) is 1. The van der Waals surface area contributed by atoms with E-state index in [1.807, 2.05) is 6.26 Å². The van der Waals surface area contributed by atoms with Gasteiger partial charge in [-0.05, 0) is 39.2 Å². The van der Waals surface area contributed by atoms with Gasteiger partial charge in [0.05, 0.1) is 6.10 Å². The van der Waals surface area contributed by atoms with E-state index in [0.29, 0.717) is 12.2 Å². The van der Waals surface area contributed by atoms with Crippen LogP contribution in [0.1, 0.15) is 27.2 Å². The largest absolute Gasteiger partial charge is 0.480 e. The van der Waals surface area contributed by atoms with E-state index in [-0.39, 0.29) is 6.10 Å². The summed E-state index contributed by atoms with van der Waals surface area (Å²) in [5.41, 5.74) is -1.27. The fourth-order valence-corrected chi connectivity index (χ4v) is 1.61. The number of aliphatic carboxylic acids is 1. The second-order valence-corrected chi connectivity index (χ2v) is 4.94. The lowest BCUT2D eigenvalue weighted by Crippen LogP contribution is -2.53. The summed E-state index contributed by atoms with van der Waals surface area (Å²) in [6, 6.07) is 0. The molecule has 0 aromatic carbocycles. The molecule has 5 nitrogen and oxygen atoms in total. The number of carbonyl (C=O) groups is 2. The van der Waals surface area contributed by atoms with Gasteiger partial charge in [-0.15, -0.1) is 0 Å². The maximum Gasteiger partial charge on any atom is 0.408 e. The minimum absolute atomic E-state index is 0.265. The second kappa shape index (κ2) is 6.62. The number of hydrogen-bond donors (Lipinski definition) is 2. The smallest absolute Gasteiger partial charge is 0.408 e. The Kier molecular flexibility index (Phi) is 6.25. The summed E-state index contributed by atoms with van der Waals surface area (Å²) in [6.45, 7) is 4.90. The summed E-state index contributed by atoms with van der Waals surface area (Å²) in [4.78, 5) is 22.4. The van der Waals surface area contributed by atoms with Crippen LogP contribution in [-0.4, -0.2) is 40.8 Å². The van der Waals surface area contributed by atoms with E-state index in [0.717, 1.165) is 0 Å². The Bertz CT molecular complexity index is 257. The van der Waals surface area contributed by atoms with Crippen molar-refractivity contribution < 1.29 is 19.4 Å². The number of thioether (sulfide) groups is 1. The minimum atomic E-state index is -1.27. The van der Waals surface area contributed by atoms with Crippen LogP contribution in [0.4, 0.5) is 4.79 Å². The van der Waals surface area contributed by atoms with E-state index < -0.39 is 17.6 Å². The molecule has 0 aliphatic heterocycles. The molecule has 6 heteroatoms. The van der Waals surface area contributed by atoms with Gasteiger partial charge in [-0.1, -0.05) is 0 Å². The number of carboxylic acid groups (broad SMARTS) is 1. The summed E-state index contributed by atoms with van der Waals surface area (Å²) < 4.78 is 4.86. The van der Waals surface area contributed by atoms with Gasteiger partial charge in [0.25, 0.3) is 0 Å². The molecule has 0 aliphatic rings. The van der Waals surface area contributed by atoms with Crippen LogP contribution in [0.15, 0.2) is 0 Å². The Hall–Kier alpha value is -0.910. The van der Waals surface area contributed by atoms with Crippen LogP contribution >= 0.6 is 11.8 Å². The fraction of sp³-hybridized carbons (Fsp3) is 0.800. The predicted molar refractivity (Wildman–Crippen MR) is 63.8 cm³/mol. The Morgan fingerprint density at radius 1 is 1.50 bits per heavy atom. The third-order valence-electron chi connectivity index (χ3n) is 2.00. The average Bonchev–Trinajstić information content (AvgIpc) is 2.12. The minimum Gasteiger partial charge on any atom is -0.480 e. The van der Waals surface area contributed by atoms with Crippen LogP contribution in [0, 0.1) is 0 Å². The lowest BCUT2D eigenvalue weighted by molar-refractivity contribution is -0.144. The van der Waals surface area contributed by atoms with Gasteiger partial charge in [0.2, 0.25) is 0 Å². The highest BCUT2D eigenvalue weighted by molar-refractivity contribution is 7.98. The maximum atomic E-state index is 11.3. The van der Waals surface area contributed by atoms with Gasteiger partial charge in [-0.2, -0.15) is 11.8 Å². The molecule has 0 unspecified atom stereocenters. The molecule has 1 atom stereocenters. The quantitative estimate of drug-likeness (QED) is 0.749. The van der Waals surface area contributed by atoms with Crippen molar-refractivity contribution in [2.45, 2.75) is 38.8 Å². The van der Waals surface area contributed by atoms with Crippen LogP contribution < -0.4 is 5.32 Å². The number of hydrogen-bond acceptors (Lipinski definition) is 4. The zero-order valence-electron chi connectivity index (χ0n) is 10.1. The molecule has 0 radical (unpaired) electrons. The van der Waals surface area contributed by atoms with E-state index >= 15 is 0 Å². The van der Waals surface area contributed by atoms with E-state index in [9.17, 15) is 9.59 Å². The Balaban J connectivity index is 4.43. The number of carboxylic acids is 1. The Labute approximate surface area is 99.9 Å². The molecule has 0 saturated heterocycles. The number of amides is 1. The first-order valence-electron chi connectivity index (χ1n) is 5.03. The predicted octanol–water partition coefficient (Wildman–Crippen LogP) is 1.72. The Morgan fingerprint density at radius 3 is 2.44 bits per heavy atom. The van der Waals surface area contributed by atoms with E-state index in [1.165, 1.54) is 18.7 Å². The number of rotatable bonds is 6. The highest BCUT2D eigenvalue weighted by atomic mass is 32.2. The van der Waals surface area contributed by atoms with Crippen LogP contribution in [-0.2, 0) is 9.53 Å². The van der Waals surface area contributed by atoms with Crippen molar-refractivity contribution >= 4 is 23.8 Å². The number of nitrogens with one attached hydrogen (secondary N) is 1. The van der Waals surface area contributed by atoms with Gasteiger partial charge in [-0.3, -0.25) is 0 Å². The lowest BCUT2D eigenvalue weighted by atomic mass is 10.00. The summed E-state index contributed by atoms with van der Waals surface area (Å²) >= 11 is 1.53. The molecule has 2 N–H and O–H groups in total. The summed E-state index contributed by atoms with van der Waals surface area (Å²) in [6.07, 6.45) is 1.28. The van der Waals surface area contributed by atoms with E-state index in [4.69, 9.17) is 9.84 Å². The molecule has 16 heavy (non-hydrogen) atoms. The molecule has 0 bridgehead atoms. The molecule has 0 rings (SSSR count). The first kappa shape index (κ1) is 15.1. The van der Waals surface area contributed by atoms with Crippen LogP contribution in [0.25, 0.3) is 0 Å². The topological polar surface area (TPSA) is 75.6 Å². The van der Waals surface area contributed by atoms with Gasteiger partial charge in [-0.25, -0.2) is 9.59 Å². The fourth-order valence-electron chi connectivity index (χ4n) is 0.998. The summed E-state index contributed by atoms with van der Waals surface area (Å²) in [7, 11) is 0. The molecule has 0 fully saturated rings. The van der Waals surface area contributed by atoms with Crippen molar-refractivity contribution in [1.82, 2.24) is 5.32 Å². The molecule has 0 aromatic heterocycles. The van der Waals surface area contributed by atoms with Crippen molar-refractivity contribution in [3.8, 4) is 0 Å². The second-order valence-electron chi connectivity index (χ2n) is 3.96. The first-order chi connectivity index (χ1) is 7.31. The zero-order chi connectivity index (χ0) is 12.8. The highest BCUT2D eigenvalue weighted by Gasteiger charge is 2.35. The standard InChI is InChI=1S/C10H19NO4S/c1-7(2)15-9(14)11-10(3,8(12)13)5-6-16-4/h7H,5-6H2,1-4H3,(H,11,14)(H,12,13)/t10-/m0/s1. The van der Waals surface area contributed by atoms with Gasteiger partial charge >= 0.3 is 12.1 Å². The molecule has 0 aliphatic carbocycles. The van der Waals surface area contributed by atoms with Crippen LogP contribution in [0.5, 0.6) is 0 Å². The van der Waals surface area contributed by atoms with E-state index in [2.05, 4.69) is 5.32 Å². The number of carbonyl (C=O) groups excluding carboxylic acids is 1. The normalized spacial score (nSPS) is 14.3. The third-order valence-corrected chi connectivity index (χ3v) is 2.61. The van der Waals surface area contributed by atoms with Crippen molar-refractivity contribution in [1.29, 1.82) is 0 Å². The van der Waals surface area contributed by atoms with Gasteiger partial charge < -0.3 is 15.2 Å². The van der Waals surface area contributed by atoms with Gasteiger partial charge in [0.15, 0.2) is 0 Å².